The largest absolute Gasteiger partial charge is 0.325 e. The van der Waals surface area contributed by atoms with Gasteiger partial charge < -0.3 is 10.6 Å². The maximum absolute atomic E-state index is 11.6. The maximum Gasteiger partial charge on any atom is 0.241 e. The molecule has 88 valence electrons. The Morgan fingerprint density at radius 3 is 2.50 bits per heavy atom. The summed E-state index contributed by atoms with van der Waals surface area (Å²) in [5.74, 6) is 0.0745. The SMILES string of the molecule is CCc1ccc(NC(=O)[C@H]2CCN2)cc1.Cl. The van der Waals surface area contributed by atoms with Gasteiger partial charge in [0.15, 0.2) is 0 Å². The lowest BCUT2D eigenvalue weighted by Crippen LogP contribution is -2.50. The summed E-state index contributed by atoms with van der Waals surface area (Å²) in [5, 5.41) is 5.97. The summed E-state index contributed by atoms with van der Waals surface area (Å²) >= 11 is 0. The van der Waals surface area contributed by atoms with E-state index in [1.807, 2.05) is 24.3 Å². The van der Waals surface area contributed by atoms with Crippen LogP contribution in [0.1, 0.15) is 18.9 Å². The lowest BCUT2D eigenvalue weighted by molar-refractivity contribution is -0.119. The lowest BCUT2D eigenvalue weighted by Gasteiger charge is -2.26. The maximum atomic E-state index is 11.6. The molecule has 0 unspecified atom stereocenters. The highest BCUT2D eigenvalue weighted by Gasteiger charge is 2.24. The predicted molar refractivity (Wildman–Crippen MR) is 68.1 cm³/mol. The summed E-state index contributed by atoms with van der Waals surface area (Å²) < 4.78 is 0. The number of benzene rings is 1. The standard InChI is InChI=1S/C12H16N2O.ClH/c1-2-9-3-5-10(6-4-9)14-12(15)11-7-8-13-11;/h3-6,11,13H,2,7-8H2,1H3,(H,14,15);1H/t11-;/m1./s1. The molecule has 0 bridgehead atoms. The number of anilines is 1. The Balaban J connectivity index is 0.00000128. The first kappa shape index (κ1) is 13.0. The highest BCUT2D eigenvalue weighted by atomic mass is 35.5. The Labute approximate surface area is 102 Å². The number of carbonyl (C=O) groups excluding carboxylic acids is 1. The van der Waals surface area contributed by atoms with Crippen LogP contribution in [0.4, 0.5) is 5.69 Å². The molecule has 4 heteroatoms. The molecule has 1 atom stereocenters. The fourth-order valence-electron chi connectivity index (χ4n) is 1.57. The van der Waals surface area contributed by atoms with Crippen LogP contribution in [0.3, 0.4) is 0 Å². The van der Waals surface area contributed by atoms with E-state index in [0.29, 0.717) is 0 Å². The minimum absolute atomic E-state index is 0. The van der Waals surface area contributed by atoms with E-state index in [0.717, 1.165) is 25.1 Å². The van der Waals surface area contributed by atoms with E-state index in [9.17, 15) is 4.79 Å². The Bertz CT molecular complexity index is 347. The fourth-order valence-corrected chi connectivity index (χ4v) is 1.57. The van der Waals surface area contributed by atoms with Crippen molar-refractivity contribution in [2.75, 3.05) is 11.9 Å². The van der Waals surface area contributed by atoms with Crippen molar-refractivity contribution in [2.45, 2.75) is 25.8 Å². The van der Waals surface area contributed by atoms with Crippen molar-refractivity contribution in [2.24, 2.45) is 0 Å². The first-order valence-electron chi connectivity index (χ1n) is 5.43. The molecule has 1 amide bonds. The van der Waals surface area contributed by atoms with E-state index >= 15 is 0 Å². The summed E-state index contributed by atoms with van der Waals surface area (Å²) in [4.78, 5) is 11.6. The molecule has 1 heterocycles. The molecule has 1 aromatic rings. The average molecular weight is 241 g/mol. The van der Waals surface area contributed by atoms with Gasteiger partial charge >= 0.3 is 0 Å². The number of rotatable bonds is 3. The number of nitrogens with one attached hydrogen (secondary N) is 2. The highest BCUT2D eigenvalue weighted by molar-refractivity contribution is 5.95. The molecule has 1 fully saturated rings. The van der Waals surface area contributed by atoms with Gasteiger partial charge in [-0.05, 0) is 37.1 Å². The van der Waals surface area contributed by atoms with Crippen LogP contribution in [0.15, 0.2) is 24.3 Å². The second kappa shape index (κ2) is 5.87. The van der Waals surface area contributed by atoms with Crippen LogP contribution < -0.4 is 10.6 Å². The zero-order chi connectivity index (χ0) is 10.7. The van der Waals surface area contributed by atoms with Crippen molar-refractivity contribution < 1.29 is 4.79 Å². The molecule has 2 rings (SSSR count). The van der Waals surface area contributed by atoms with Crippen LogP contribution >= 0.6 is 12.4 Å². The molecule has 1 aliphatic rings. The quantitative estimate of drug-likeness (QED) is 0.848. The number of hydrogen-bond donors (Lipinski definition) is 2. The molecule has 1 aromatic carbocycles. The van der Waals surface area contributed by atoms with Gasteiger partial charge in [0.1, 0.15) is 0 Å². The molecular weight excluding hydrogens is 224 g/mol. The Morgan fingerprint density at radius 2 is 2.06 bits per heavy atom. The molecule has 0 aromatic heterocycles. The summed E-state index contributed by atoms with van der Waals surface area (Å²) in [6.07, 6.45) is 1.97. The van der Waals surface area contributed by atoms with Crippen molar-refractivity contribution >= 4 is 24.0 Å². The van der Waals surface area contributed by atoms with Gasteiger partial charge in [-0.15, -0.1) is 12.4 Å². The predicted octanol–water partition coefficient (Wildman–Crippen LogP) is 1.97. The third-order valence-corrected chi connectivity index (χ3v) is 2.77. The van der Waals surface area contributed by atoms with Crippen LogP contribution in [-0.2, 0) is 11.2 Å². The smallest absolute Gasteiger partial charge is 0.241 e. The second-order valence-corrected chi connectivity index (χ2v) is 3.84. The molecule has 0 spiro atoms. The minimum Gasteiger partial charge on any atom is -0.325 e. The molecule has 1 aliphatic heterocycles. The normalized spacial score (nSPS) is 18.2. The zero-order valence-corrected chi connectivity index (χ0v) is 10.1. The first-order valence-corrected chi connectivity index (χ1v) is 5.43. The minimum atomic E-state index is 0. The number of carbonyl (C=O) groups is 1. The third-order valence-electron chi connectivity index (χ3n) is 2.77. The highest BCUT2D eigenvalue weighted by Crippen LogP contribution is 2.12. The molecule has 0 saturated carbocycles. The van der Waals surface area contributed by atoms with Gasteiger partial charge in [0.2, 0.25) is 5.91 Å². The van der Waals surface area contributed by atoms with Crippen LogP contribution in [-0.4, -0.2) is 18.5 Å². The van der Waals surface area contributed by atoms with Crippen molar-refractivity contribution in [3.63, 3.8) is 0 Å². The molecule has 16 heavy (non-hydrogen) atoms. The Kier molecular flexibility index (Phi) is 4.77. The Hall–Kier alpha value is -1.06. The number of hydrogen-bond acceptors (Lipinski definition) is 2. The van der Waals surface area contributed by atoms with Gasteiger partial charge in [-0.25, -0.2) is 0 Å². The monoisotopic (exact) mass is 240 g/mol. The van der Waals surface area contributed by atoms with Crippen LogP contribution in [0.5, 0.6) is 0 Å². The molecule has 2 N–H and O–H groups in total. The van der Waals surface area contributed by atoms with Gasteiger partial charge in [0.25, 0.3) is 0 Å². The summed E-state index contributed by atoms with van der Waals surface area (Å²) in [5.41, 5.74) is 2.17. The van der Waals surface area contributed by atoms with Crippen LogP contribution in [0, 0.1) is 0 Å². The number of amides is 1. The van der Waals surface area contributed by atoms with Crippen molar-refractivity contribution in [1.82, 2.24) is 5.32 Å². The van der Waals surface area contributed by atoms with Crippen molar-refractivity contribution in [1.29, 1.82) is 0 Å². The molecule has 0 radical (unpaired) electrons. The van der Waals surface area contributed by atoms with Crippen molar-refractivity contribution in [3.8, 4) is 0 Å². The molecule has 3 nitrogen and oxygen atoms in total. The lowest BCUT2D eigenvalue weighted by atomic mass is 10.1. The van der Waals surface area contributed by atoms with E-state index < -0.39 is 0 Å². The van der Waals surface area contributed by atoms with Crippen LogP contribution in [0.2, 0.25) is 0 Å². The van der Waals surface area contributed by atoms with E-state index in [2.05, 4.69) is 17.6 Å². The number of aryl methyl sites for hydroxylation is 1. The average Bonchev–Trinajstić information content (AvgIpc) is 2.16. The molecular formula is C12H17ClN2O. The van der Waals surface area contributed by atoms with E-state index in [-0.39, 0.29) is 24.4 Å². The van der Waals surface area contributed by atoms with Crippen LogP contribution in [0.25, 0.3) is 0 Å². The van der Waals surface area contributed by atoms with Gasteiger partial charge in [0, 0.05) is 5.69 Å². The number of halogens is 1. The zero-order valence-electron chi connectivity index (χ0n) is 9.32. The Morgan fingerprint density at radius 1 is 1.44 bits per heavy atom. The summed E-state index contributed by atoms with van der Waals surface area (Å²) in [6, 6.07) is 8.01. The van der Waals surface area contributed by atoms with E-state index in [4.69, 9.17) is 0 Å². The van der Waals surface area contributed by atoms with Crippen molar-refractivity contribution in [3.05, 3.63) is 29.8 Å². The fraction of sp³-hybridized carbons (Fsp3) is 0.417. The topological polar surface area (TPSA) is 41.1 Å². The summed E-state index contributed by atoms with van der Waals surface area (Å²) in [6.45, 7) is 3.07. The van der Waals surface area contributed by atoms with Gasteiger partial charge in [-0.2, -0.15) is 0 Å². The second-order valence-electron chi connectivity index (χ2n) is 3.84. The molecule has 0 aliphatic carbocycles. The first-order chi connectivity index (χ1) is 7.29. The van der Waals surface area contributed by atoms with E-state index in [1.54, 1.807) is 0 Å². The van der Waals surface area contributed by atoms with E-state index in [1.165, 1.54) is 5.56 Å². The van der Waals surface area contributed by atoms with Gasteiger partial charge in [-0.1, -0.05) is 19.1 Å². The molecule has 1 saturated heterocycles. The van der Waals surface area contributed by atoms with Gasteiger partial charge in [-0.3, -0.25) is 4.79 Å². The third kappa shape index (κ3) is 2.97. The van der Waals surface area contributed by atoms with Gasteiger partial charge in [0.05, 0.1) is 6.04 Å². The summed E-state index contributed by atoms with van der Waals surface area (Å²) in [7, 11) is 0.